The number of carbonyl (C=O) groups is 1. The van der Waals surface area contributed by atoms with Crippen molar-refractivity contribution in [2.24, 2.45) is 0 Å². The first-order valence-electron chi connectivity index (χ1n) is 7.76. The predicted octanol–water partition coefficient (Wildman–Crippen LogP) is 2.32. The molecule has 0 bridgehead atoms. The van der Waals surface area contributed by atoms with Crippen LogP contribution in [0.2, 0.25) is 0 Å². The molecule has 1 aliphatic heterocycles. The van der Waals surface area contributed by atoms with Crippen LogP contribution in [0.1, 0.15) is 45.2 Å². The monoisotopic (exact) mass is 289 g/mol. The van der Waals surface area contributed by atoms with Gasteiger partial charge in [0, 0.05) is 24.3 Å². The zero-order chi connectivity index (χ0) is 15.6. The number of rotatable bonds is 4. The smallest absolute Gasteiger partial charge is 0.237 e. The second-order valence-corrected chi connectivity index (χ2v) is 6.61. The molecular weight excluding hydrogens is 262 g/mol. The number of anilines is 1. The van der Waals surface area contributed by atoms with Crippen LogP contribution in [0.15, 0.2) is 18.2 Å². The minimum atomic E-state index is -0.149. The molecular formula is C17H27N3O. The maximum atomic E-state index is 12.4. The second kappa shape index (κ2) is 6.06. The number of carbonyl (C=O) groups excluding carboxylic acids is 1. The SMILES string of the molecule is CCC(C)(C)NC(=O)C(C)N1CCc2c(N)cccc2C1. The van der Waals surface area contributed by atoms with Crippen molar-refractivity contribution in [3.05, 3.63) is 29.3 Å². The topological polar surface area (TPSA) is 58.4 Å². The maximum Gasteiger partial charge on any atom is 0.237 e. The van der Waals surface area contributed by atoms with Crippen molar-refractivity contribution < 1.29 is 4.79 Å². The lowest BCUT2D eigenvalue weighted by Crippen LogP contribution is -2.52. The molecule has 4 heteroatoms. The van der Waals surface area contributed by atoms with Crippen LogP contribution in [0.3, 0.4) is 0 Å². The average molecular weight is 289 g/mol. The Labute approximate surface area is 127 Å². The van der Waals surface area contributed by atoms with Crippen LogP contribution in [-0.4, -0.2) is 28.9 Å². The van der Waals surface area contributed by atoms with Crippen molar-refractivity contribution in [3.8, 4) is 0 Å². The van der Waals surface area contributed by atoms with Gasteiger partial charge in [0.1, 0.15) is 0 Å². The number of hydrogen-bond donors (Lipinski definition) is 2. The number of benzene rings is 1. The predicted molar refractivity (Wildman–Crippen MR) is 86.9 cm³/mol. The Kier molecular flexibility index (Phi) is 4.57. The average Bonchev–Trinajstić information content (AvgIpc) is 2.46. The van der Waals surface area contributed by atoms with Crippen molar-refractivity contribution in [2.45, 2.75) is 58.7 Å². The summed E-state index contributed by atoms with van der Waals surface area (Å²) in [6, 6.07) is 5.93. The molecule has 1 unspecified atom stereocenters. The third kappa shape index (κ3) is 3.56. The molecule has 1 aromatic rings. The lowest BCUT2D eigenvalue weighted by atomic mass is 9.96. The third-order valence-corrected chi connectivity index (χ3v) is 4.60. The molecule has 116 valence electrons. The van der Waals surface area contributed by atoms with Crippen molar-refractivity contribution >= 4 is 11.6 Å². The standard InChI is InChI=1S/C17H27N3O/c1-5-17(3,4)19-16(21)12(2)20-10-9-14-13(11-20)7-6-8-15(14)18/h6-8,12H,5,9-11,18H2,1-4H3,(H,19,21). The first kappa shape index (κ1) is 15.8. The van der Waals surface area contributed by atoms with Crippen LogP contribution < -0.4 is 11.1 Å². The summed E-state index contributed by atoms with van der Waals surface area (Å²) in [6.45, 7) is 9.86. The fourth-order valence-corrected chi connectivity index (χ4v) is 2.68. The van der Waals surface area contributed by atoms with Crippen LogP contribution in [0.4, 0.5) is 5.69 Å². The van der Waals surface area contributed by atoms with E-state index >= 15 is 0 Å². The highest BCUT2D eigenvalue weighted by molar-refractivity contribution is 5.82. The Balaban J connectivity index is 2.05. The molecule has 0 spiro atoms. The fraction of sp³-hybridized carbons (Fsp3) is 0.588. The van der Waals surface area contributed by atoms with E-state index in [2.05, 4.69) is 37.1 Å². The van der Waals surface area contributed by atoms with Gasteiger partial charge in [0.2, 0.25) is 5.91 Å². The summed E-state index contributed by atoms with van der Waals surface area (Å²) >= 11 is 0. The summed E-state index contributed by atoms with van der Waals surface area (Å²) in [7, 11) is 0. The molecule has 2 rings (SSSR count). The first-order chi connectivity index (χ1) is 9.84. The summed E-state index contributed by atoms with van der Waals surface area (Å²) in [5, 5.41) is 3.13. The minimum absolute atomic E-state index is 0.106. The Morgan fingerprint density at radius 1 is 1.48 bits per heavy atom. The van der Waals surface area contributed by atoms with Crippen molar-refractivity contribution in [2.75, 3.05) is 12.3 Å². The van der Waals surface area contributed by atoms with Crippen molar-refractivity contribution in [1.82, 2.24) is 10.2 Å². The molecule has 1 atom stereocenters. The van der Waals surface area contributed by atoms with Crippen LogP contribution >= 0.6 is 0 Å². The van der Waals surface area contributed by atoms with E-state index in [0.29, 0.717) is 0 Å². The summed E-state index contributed by atoms with van der Waals surface area (Å²) < 4.78 is 0. The molecule has 1 aliphatic rings. The highest BCUT2D eigenvalue weighted by Crippen LogP contribution is 2.25. The van der Waals surface area contributed by atoms with E-state index in [4.69, 9.17) is 5.73 Å². The molecule has 21 heavy (non-hydrogen) atoms. The molecule has 1 aromatic carbocycles. The molecule has 0 aliphatic carbocycles. The molecule has 0 saturated heterocycles. The molecule has 0 aromatic heterocycles. The van der Waals surface area contributed by atoms with Gasteiger partial charge in [-0.25, -0.2) is 0 Å². The third-order valence-electron chi connectivity index (χ3n) is 4.60. The molecule has 1 heterocycles. The fourth-order valence-electron chi connectivity index (χ4n) is 2.68. The van der Waals surface area contributed by atoms with Crippen LogP contribution in [0, 0.1) is 0 Å². The van der Waals surface area contributed by atoms with E-state index in [0.717, 1.165) is 31.6 Å². The number of nitrogens with one attached hydrogen (secondary N) is 1. The lowest BCUT2D eigenvalue weighted by molar-refractivity contribution is -0.127. The van der Waals surface area contributed by atoms with Gasteiger partial charge in [-0.3, -0.25) is 9.69 Å². The zero-order valence-electron chi connectivity index (χ0n) is 13.6. The number of amides is 1. The van der Waals surface area contributed by atoms with E-state index in [1.807, 2.05) is 19.1 Å². The van der Waals surface area contributed by atoms with Gasteiger partial charge in [0.15, 0.2) is 0 Å². The number of nitrogens with two attached hydrogens (primary N) is 1. The summed E-state index contributed by atoms with van der Waals surface area (Å²) in [4.78, 5) is 14.6. The Bertz CT molecular complexity index is 525. The van der Waals surface area contributed by atoms with Gasteiger partial charge in [0.25, 0.3) is 0 Å². The van der Waals surface area contributed by atoms with Crippen molar-refractivity contribution in [3.63, 3.8) is 0 Å². The number of nitrogens with zero attached hydrogens (tertiary/aromatic N) is 1. The van der Waals surface area contributed by atoms with Gasteiger partial charge in [-0.1, -0.05) is 19.1 Å². The minimum Gasteiger partial charge on any atom is -0.398 e. The van der Waals surface area contributed by atoms with E-state index in [-0.39, 0.29) is 17.5 Å². The van der Waals surface area contributed by atoms with E-state index in [9.17, 15) is 4.79 Å². The second-order valence-electron chi connectivity index (χ2n) is 6.61. The van der Waals surface area contributed by atoms with Gasteiger partial charge in [-0.15, -0.1) is 0 Å². The lowest BCUT2D eigenvalue weighted by Gasteiger charge is -2.35. The zero-order valence-corrected chi connectivity index (χ0v) is 13.6. The van der Waals surface area contributed by atoms with Gasteiger partial charge in [0.05, 0.1) is 6.04 Å². The Hall–Kier alpha value is -1.55. The highest BCUT2D eigenvalue weighted by Gasteiger charge is 2.28. The summed E-state index contributed by atoms with van der Waals surface area (Å²) in [6.07, 6.45) is 1.83. The van der Waals surface area contributed by atoms with Gasteiger partial charge in [-0.2, -0.15) is 0 Å². The van der Waals surface area contributed by atoms with E-state index in [1.165, 1.54) is 11.1 Å². The van der Waals surface area contributed by atoms with Crippen LogP contribution in [-0.2, 0) is 17.8 Å². The van der Waals surface area contributed by atoms with E-state index in [1.54, 1.807) is 0 Å². The number of fused-ring (bicyclic) bond motifs is 1. The number of hydrogen-bond acceptors (Lipinski definition) is 3. The van der Waals surface area contributed by atoms with Gasteiger partial charge in [-0.05, 0) is 50.8 Å². The first-order valence-corrected chi connectivity index (χ1v) is 7.76. The van der Waals surface area contributed by atoms with Gasteiger partial charge >= 0.3 is 0 Å². The molecule has 1 amide bonds. The largest absolute Gasteiger partial charge is 0.398 e. The Morgan fingerprint density at radius 2 is 2.19 bits per heavy atom. The van der Waals surface area contributed by atoms with Gasteiger partial charge < -0.3 is 11.1 Å². The summed E-state index contributed by atoms with van der Waals surface area (Å²) in [5.41, 5.74) is 9.24. The maximum absolute atomic E-state index is 12.4. The molecule has 0 radical (unpaired) electrons. The quantitative estimate of drug-likeness (QED) is 0.836. The van der Waals surface area contributed by atoms with Crippen molar-refractivity contribution in [1.29, 1.82) is 0 Å². The van der Waals surface area contributed by atoms with Crippen LogP contribution in [0.25, 0.3) is 0 Å². The molecule has 4 nitrogen and oxygen atoms in total. The molecule has 3 N–H and O–H groups in total. The summed E-state index contributed by atoms with van der Waals surface area (Å²) in [5.74, 6) is 0.106. The highest BCUT2D eigenvalue weighted by atomic mass is 16.2. The molecule has 0 fully saturated rings. The van der Waals surface area contributed by atoms with E-state index < -0.39 is 0 Å². The Morgan fingerprint density at radius 3 is 2.86 bits per heavy atom. The number of nitrogen functional groups attached to an aromatic ring is 1. The molecule has 0 saturated carbocycles. The normalized spacial score (nSPS) is 17.1. The van der Waals surface area contributed by atoms with Crippen LogP contribution in [0.5, 0.6) is 0 Å².